The molecule has 0 aromatic heterocycles. The highest BCUT2D eigenvalue weighted by atomic mass is 16.8. The summed E-state index contributed by atoms with van der Waals surface area (Å²) in [6.45, 7) is 5.66. The number of hydrogen-bond acceptors (Lipinski definition) is 12. The molecule has 32 heavy (non-hydrogen) atoms. The first kappa shape index (κ1) is 26.8. The maximum atomic E-state index is 12.1. The summed E-state index contributed by atoms with van der Waals surface area (Å²) in [4.78, 5) is 70.4. The van der Waals surface area contributed by atoms with Crippen LogP contribution in [0.4, 0.5) is 0 Å². The van der Waals surface area contributed by atoms with Gasteiger partial charge in [-0.05, 0) is 6.92 Å². The molecule has 1 N–H and O–H groups in total. The molecule has 1 aliphatic rings. The highest BCUT2D eigenvalue weighted by Gasteiger charge is 2.64. The van der Waals surface area contributed by atoms with Crippen LogP contribution in [0.2, 0.25) is 0 Å². The van der Waals surface area contributed by atoms with Gasteiger partial charge in [0.25, 0.3) is 0 Å². The summed E-state index contributed by atoms with van der Waals surface area (Å²) >= 11 is 0. The second-order valence-electron chi connectivity index (χ2n) is 7.30. The third-order valence-electron chi connectivity index (χ3n) is 4.25. The van der Waals surface area contributed by atoms with Crippen molar-refractivity contribution in [3.63, 3.8) is 0 Å². The van der Waals surface area contributed by atoms with Gasteiger partial charge in [-0.2, -0.15) is 0 Å². The van der Waals surface area contributed by atoms with Crippen molar-refractivity contribution in [1.82, 2.24) is 0 Å². The van der Waals surface area contributed by atoms with Gasteiger partial charge < -0.3 is 33.5 Å². The van der Waals surface area contributed by atoms with Gasteiger partial charge in [-0.3, -0.25) is 24.0 Å². The number of carboxylic acids is 1. The minimum atomic E-state index is -2.72. The fourth-order valence-corrected chi connectivity index (χ4v) is 3.37. The van der Waals surface area contributed by atoms with Crippen LogP contribution in [0.5, 0.6) is 0 Å². The Morgan fingerprint density at radius 2 is 1.47 bits per heavy atom. The minimum Gasteiger partial charge on any atom is -0.476 e. The Morgan fingerprint density at radius 1 is 0.906 bits per heavy atom. The second kappa shape index (κ2) is 10.4. The summed E-state index contributed by atoms with van der Waals surface area (Å²) in [5, 5.41) is 9.83. The molecule has 1 rings (SSSR count). The Bertz CT molecular complexity index is 790. The zero-order valence-corrected chi connectivity index (χ0v) is 18.5. The first-order valence-electron chi connectivity index (χ1n) is 9.40. The number of hydrogen-bond donors (Lipinski definition) is 1. The number of carbonyl (C=O) groups excluding carboxylic acids is 5. The number of rotatable bonds is 8. The van der Waals surface area contributed by atoms with Crippen molar-refractivity contribution in [2.75, 3.05) is 6.61 Å². The van der Waals surface area contributed by atoms with E-state index in [1.807, 2.05) is 0 Å². The third-order valence-corrected chi connectivity index (χ3v) is 4.25. The van der Waals surface area contributed by atoms with Crippen LogP contribution < -0.4 is 0 Å². The molecule has 0 aliphatic carbocycles. The lowest BCUT2D eigenvalue weighted by Gasteiger charge is -2.50. The van der Waals surface area contributed by atoms with Crippen LogP contribution in [0.25, 0.3) is 0 Å². The number of esters is 5. The van der Waals surface area contributed by atoms with Crippen LogP contribution in [-0.2, 0) is 57.2 Å². The minimum absolute atomic E-state index is 0.636. The molecule has 1 heterocycles. The van der Waals surface area contributed by atoms with Gasteiger partial charge in [-0.25, -0.2) is 4.79 Å². The lowest BCUT2D eigenvalue weighted by molar-refractivity contribution is -0.333. The average Bonchev–Trinajstić information content (AvgIpc) is 2.58. The standard InChI is InChI=1S/C19H26O13/c1-9(20)27-7-14(28-10(2)21)15-16(29-11(3)22)18(6,30-12(4)23)8-19(32-15,17(25)26)31-13(5)24/h14-16H,7-8H2,1-6H3,(H,25,26)/t14-,15-,16+,18-,19-/m1/s1. The second-order valence-corrected chi connectivity index (χ2v) is 7.30. The van der Waals surface area contributed by atoms with E-state index in [0.717, 1.165) is 34.6 Å². The van der Waals surface area contributed by atoms with Crippen molar-refractivity contribution in [2.45, 2.75) is 77.7 Å². The molecular weight excluding hydrogens is 436 g/mol. The highest BCUT2D eigenvalue weighted by Crippen LogP contribution is 2.43. The van der Waals surface area contributed by atoms with E-state index in [4.69, 9.17) is 28.4 Å². The Labute approximate surface area is 183 Å². The predicted octanol–water partition coefficient (Wildman–Crippen LogP) is -0.132. The summed E-state index contributed by atoms with van der Waals surface area (Å²) in [7, 11) is 0. The smallest absolute Gasteiger partial charge is 0.377 e. The van der Waals surface area contributed by atoms with Gasteiger partial charge in [0, 0.05) is 34.6 Å². The molecule has 0 saturated carbocycles. The fourth-order valence-electron chi connectivity index (χ4n) is 3.37. The molecule has 13 nitrogen and oxygen atoms in total. The van der Waals surface area contributed by atoms with Crippen molar-refractivity contribution in [3.05, 3.63) is 0 Å². The van der Waals surface area contributed by atoms with Gasteiger partial charge in [-0.15, -0.1) is 0 Å². The van der Waals surface area contributed by atoms with E-state index in [2.05, 4.69) is 0 Å². The summed E-state index contributed by atoms with van der Waals surface area (Å²) < 4.78 is 31.0. The zero-order valence-electron chi connectivity index (χ0n) is 18.5. The van der Waals surface area contributed by atoms with Crippen molar-refractivity contribution in [3.8, 4) is 0 Å². The monoisotopic (exact) mass is 462 g/mol. The van der Waals surface area contributed by atoms with Crippen LogP contribution in [0.15, 0.2) is 0 Å². The first-order chi connectivity index (χ1) is 14.6. The van der Waals surface area contributed by atoms with Crippen LogP contribution in [0, 0.1) is 0 Å². The Morgan fingerprint density at radius 3 is 1.88 bits per heavy atom. The van der Waals surface area contributed by atoms with Crippen LogP contribution in [0.1, 0.15) is 48.0 Å². The third kappa shape index (κ3) is 6.90. The largest absolute Gasteiger partial charge is 0.476 e. The van der Waals surface area contributed by atoms with Crippen molar-refractivity contribution in [1.29, 1.82) is 0 Å². The van der Waals surface area contributed by atoms with Crippen molar-refractivity contribution in [2.24, 2.45) is 0 Å². The van der Waals surface area contributed by atoms with Gasteiger partial charge in [0.05, 0.1) is 6.42 Å². The van der Waals surface area contributed by atoms with E-state index < -0.39 is 78.5 Å². The molecule has 1 fully saturated rings. The number of aliphatic carboxylic acids is 1. The number of carbonyl (C=O) groups is 6. The Balaban J connectivity index is 3.69. The van der Waals surface area contributed by atoms with E-state index >= 15 is 0 Å². The molecule has 180 valence electrons. The lowest BCUT2D eigenvalue weighted by Crippen LogP contribution is -2.69. The molecule has 1 saturated heterocycles. The molecule has 0 spiro atoms. The normalized spacial score (nSPS) is 27.9. The topological polar surface area (TPSA) is 178 Å². The van der Waals surface area contributed by atoms with Crippen LogP contribution in [-0.4, -0.2) is 77.2 Å². The Hall–Kier alpha value is -3.22. The molecule has 1 aliphatic heterocycles. The van der Waals surface area contributed by atoms with Crippen LogP contribution in [0.3, 0.4) is 0 Å². The zero-order chi connectivity index (χ0) is 24.9. The molecule has 13 heteroatoms. The van der Waals surface area contributed by atoms with Crippen LogP contribution >= 0.6 is 0 Å². The summed E-state index contributed by atoms with van der Waals surface area (Å²) in [5.41, 5.74) is -1.93. The quantitative estimate of drug-likeness (QED) is 0.373. The maximum Gasteiger partial charge on any atom is 0.377 e. The summed E-state index contributed by atoms with van der Waals surface area (Å²) in [6.07, 6.45) is -5.56. The van der Waals surface area contributed by atoms with E-state index in [0.29, 0.717) is 0 Å². The van der Waals surface area contributed by atoms with E-state index in [1.54, 1.807) is 0 Å². The molecule has 0 aromatic carbocycles. The molecule has 5 atom stereocenters. The Kier molecular flexibility index (Phi) is 8.71. The highest BCUT2D eigenvalue weighted by molar-refractivity contribution is 5.80. The maximum absolute atomic E-state index is 12.1. The number of ether oxygens (including phenoxy) is 6. The molecule has 0 radical (unpaired) electrons. The fraction of sp³-hybridized carbons (Fsp3) is 0.684. The van der Waals surface area contributed by atoms with Gasteiger partial charge in [0.1, 0.15) is 12.7 Å². The van der Waals surface area contributed by atoms with E-state index in [-0.39, 0.29) is 0 Å². The molecule has 0 bridgehead atoms. The lowest BCUT2D eigenvalue weighted by atomic mass is 9.81. The average molecular weight is 462 g/mol. The molecule has 0 unspecified atom stereocenters. The van der Waals surface area contributed by atoms with Gasteiger partial charge in [0.2, 0.25) is 0 Å². The van der Waals surface area contributed by atoms with Crippen molar-refractivity contribution >= 4 is 35.8 Å². The molecular formula is C19H26O13. The van der Waals surface area contributed by atoms with Gasteiger partial charge >= 0.3 is 41.6 Å². The summed E-state index contributed by atoms with van der Waals surface area (Å²) in [6, 6.07) is 0. The SMILES string of the molecule is CC(=O)OC[C@@H](OC(C)=O)[C@H]1O[C@@](OC(C)=O)(C(=O)O)C[C@@](C)(OC(C)=O)[C@H]1OC(C)=O. The first-order valence-corrected chi connectivity index (χ1v) is 9.40. The van der Waals surface area contributed by atoms with Crippen molar-refractivity contribution < 1.29 is 62.3 Å². The molecule has 0 aromatic rings. The predicted molar refractivity (Wildman–Crippen MR) is 99.5 cm³/mol. The van der Waals surface area contributed by atoms with Gasteiger partial charge in [0.15, 0.2) is 17.8 Å². The van der Waals surface area contributed by atoms with Gasteiger partial charge in [-0.1, -0.05) is 0 Å². The summed E-state index contributed by atoms with van der Waals surface area (Å²) in [5.74, 6) is -8.93. The van der Waals surface area contributed by atoms with E-state index in [1.165, 1.54) is 6.92 Å². The van der Waals surface area contributed by atoms with E-state index in [9.17, 15) is 33.9 Å². The molecule has 0 amide bonds. The number of carboxylic acid groups (broad SMARTS) is 1.